The van der Waals surface area contributed by atoms with Gasteiger partial charge in [0.05, 0.1) is 5.41 Å². The predicted octanol–water partition coefficient (Wildman–Crippen LogP) is 20.8. The summed E-state index contributed by atoms with van der Waals surface area (Å²) in [6.07, 6.45) is 73.9. The molecular weight excluding hydrogens is 921 g/mol. The molecule has 428 valence electrons. The molecule has 0 aliphatic carbocycles. The molecule has 0 amide bonds. The fourth-order valence-electron chi connectivity index (χ4n) is 10.6. The van der Waals surface area contributed by atoms with Gasteiger partial charge in [-0.1, -0.05) is 254 Å². The van der Waals surface area contributed by atoms with Crippen LogP contribution in [0.4, 0.5) is 0 Å². The van der Waals surface area contributed by atoms with E-state index >= 15 is 0 Å². The quantitative estimate of drug-likeness (QED) is 0.0348. The number of allylic oxidation sites excluding steroid dienone is 10. The highest BCUT2D eigenvalue weighted by molar-refractivity contribution is 5.75. The van der Waals surface area contributed by atoms with Gasteiger partial charge in [-0.2, -0.15) is 0 Å². The van der Waals surface area contributed by atoms with E-state index in [4.69, 9.17) is 15.3 Å². The van der Waals surface area contributed by atoms with E-state index in [9.17, 15) is 24.3 Å². The Hall–Kier alpha value is -3.42. The highest BCUT2D eigenvalue weighted by Gasteiger charge is 2.43. The Labute approximate surface area is 455 Å². The second-order valence-electron chi connectivity index (χ2n) is 21.9. The van der Waals surface area contributed by atoms with Crippen LogP contribution >= 0.6 is 0 Å². The van der Waals surface area contributed by atoms with E-state index in [0.29, 0.717) is 6.42 Å². The van der Waals surface area contributed by atoms with Gasteiger partial charge in [0.15, 0.2) is 0 Å². The molecule has 0 fully saturated rings. The minimum absolute atomic E-state index is 0.191. The largest absolute Gasteiger partial charge is 0.481 e. The standard InChI is InChI=1S/C66H116O8/c1-2-3-4-5-6-7-19-26-33-40-47-54-61(55-48-41-34-27-20-14-10-8-11-15-21-28-35-42-49-56-62(67)68)66(65(73)74,60-53-46-39-32-25-18-23-30-37-44-51-58-64(71)72)59-52-45-38-31-24-17-13-9-12-16-22-29-36-43-50-57-63(69)70/h8-9,11-12,14,17,20,24,38,45,61H,2-7,10,13,15-16,18-19,21-23,25-37,39-44,46-60H2,1H3,(H,67,68)(H,69,70)(H,71,72)(H,73,74). The van der Waals surface area contributed by atoms with Crippen LogP contribution in [0.3, 0.4) is 0 Å². The topological polar surface area (TPSA) is 149 Å². The molecule has 4 N–H and O–H groups in total. The van der Waals surface area contributed by atoms with E-state index in [2.05, 4.69) is 67.7 Å². The molecule has 8 nitrogen and oxygen atoms in total. The molecule has 0 radical (unpaired) electrons. The van der Waals surface area contributed by atoms with Crippen LogP contribution in [0.25, 0.3) is 0 Å². The van der Waals surface area contributed by atoms with Gasteiger partial charge < -0.3 is 20.4 Å². The molecule has 8 heteroatoms. The summed E-state index contributed by atoms with van der Waals surface area (Å²) in [5.74, 6) is -2.47. The Morgan fingerprint density at radius 1 is 0.311 bits per heavy atom. The van der Waals surface area contributed by atoms with Crippen LogP contribution in [0.2, 0.25) is 0 Å². The minimum atomic E-state index is -0.701. The van der Waals surface area contributed by atoms with Gasteiger partial charge >= 0.3 is 23.9 Å². The van der Waals surface area contributed by atoms with Crippen molar-refractivity contribution >= 4 is 23.9 Å². The van der Waals surface area contributed by atoms with Crippen molar-refractivity contribution in [2.24, 2.45) is 11.3 Å². The van der Waals surface area contributed by atoms with Crippen LogP contribution in [0.5, 0.6) is 0 Å². The molecule has 0 aromatic heterocycles. The number of hydrogen-bond donors (Lipinski definition) is 4. The van der Waals surface area contributed by atoms with Crippen LogP contribution in [-0.4, -0.2) is 44.3 Å². The van der Waals surface area contributed by atoms with Crippen LogP contribution in [-0.2, 0) is 19.2 Å². The molecule has 0 aromatic rings. The fraction of sp³-hybridized carbons (Fsp3) is 0.788. The van der Waals surface area contributed by atoms with Gasteiger partial charge in [-0.15, -0.1) is 0 Å². The van der Waals surface area contributed by atoms with E-state index in [1.165, 1.54) is 96.3 Å². The van der Waals surface area contributed by atoms with Crippen molar-refractivity contribution in [1.82, 2.24) is 0 Å². The molecule has 0 saturated heterocycles. The van der Waals surface area contributed by atoms with Crippen LogP contribution in [0, 0.1) is 11.3 Å². The van der Waals surface area contributed by atoms with E-state index in [1.807, 2.05) is 0 Å². The fourth-order valence-corrected chi connectivity index (χ4v) is 10.6. The van der Waals surface area contributed by atoms with Crippen molar-refractivity contribution in [3.8, 4) is 0 Å². The smallest absolute Gasteiger partial charge is 0.309 e. The number of carboxylic acids is 4. The number of aliphatic carboxylic acids is 4. The molecule has 0 bridgehead atoms. The number of rotatable bonds is 59. The Kier molecular flexibility index (Phi) is 53.2. The monoisotopic (exact) mass is 1040 g/mol. The summed E-state index contributed by atoms with van der Waals surface area (Å²) in [6.45, 7) is 2.28. The number of carboxylic acid groups (broad SMARTS) is 4. The zero-order valence-corrected chi connectivity index (χ0v) is 47.9. The maximum absolute atomic E-state index is 13.8. The molecule has 0 spiro atoms. The molecule has 0 saturated carbocycles. The van der Waals surface area contributed by atoms with E-state index in [0.717, 1.165) is 193 Å². The van der Waals surface area contributed by atoms with Gasteiger partial charge in [-0.05, 0) is 115 Å². The van der Waals surface area contributed by atoms with E-state index < -0.39 is 29.3 Å². The van der Waals surface area contributed by atoms with Crippen molar-refractivity contribution in [1.29, 1.82) is 0 Å². The van der Waals surface area contributed by atoms with Crippen LogP contribution < -0.4 is 0 Å². The summed E-state index contributed by atoms with van der Waals surface area (Å²) < 4.78 is 0. The lowest BCUT2D eigenvalue weighted by molar-refractivity contribution is -0.155. The number of unbranched alkanes of at least 4 members (excludes halogenated alkanes) is 33. The summed E-state index contributed by atoms with van der Waals surface area (Å²) in [5.41, 5.74) is -0.699. The molecule has 0 aliphatic heterocycles. The molecule has 0 aromatic carbocycles. The van der Waals surface area contributed by atoms with Crippen LogP contribution in [0.15, 0.2) is 60.8 Å². The Balaban J connectivity index is 5.49. The van der Waals surface area contributed by atoms with Crippen molar-refractivity contribution in [2.45, 2.75) is 322 Å². The third-order valence-corrected chi connectivity index (χ3v) is 15.2. The zero-order valence-electron chi connectivity index (χ0n) is 47.9. The summed E-state index contributed by atoms with van der Waals surface area (Å²) in [7, 11) is 0. The number of hydrogen-bond acceptors (Lipinski definition) is 4. The van der Waals surface area contributed by atoms with Gasteiger partial charge in [0.25, 0.3) is 0 Å². The Bertz CT molecular complexity index is 1440. The average Bonchev–Trinajstić information content (AvgIpc) is 3.37. The zero-order chi connectivity index (χ0) is 54.1. The predicted molar refractivity (Wildman–Crippen MR) is 314 cm³/mol. The first-order valence-corrected chi connectivity index (χ1v) is 31.3. The Morgan fingerprint density at radius 3 is 0.919 bits per heavy atom. The maximum Gasteiger partial charge on any atom is 0.309 e. The molecule has 2 atom stereocenters. The highest BCUT2D eigenvalue weighted by atomic mass is 16.4. The molecule has 2 unspecified atom stereocenters. The normalized spacial score (nSPS) is 13.4. The highest BCUT2D eigenvalue weighted by Crippen LogP contribution is 2.45. The maximum atomic E-state index is 13.8. The molecule has 0 aliphatic rings. The van der Waals surface area contributed by atoms with Crippen molar-refractivity contribution in [2.75, 3.05) is 0 Å². The molecule has 0 rings (SSSR count). The van der Waals surface area contributed by atoms with E-state index in [1.54, 1.807) is 0 Å². The van der Waals surface area contributed by atoms with Gasteiger partial charge in [0.2, 0.25) is 0 Å². The van der Waals surface area contributed by atoms with Gasteiger partial charge in [0, 0.05) is 19.3 Å². The molecule has 74 heavy (non-hydrogen) atoms. The summed E-state index contributed by atoms with van der Waals surface area (Å²) >= 11 is 0. The lowest BCUT2D eigenvalue weighted by atomic mass is 9.65. The van der Waals surface area contributed by atoms with Gasteiger partial charge in [-0.25, -0.2) is 0 Å². The van der Waals surface area contributed by atoms with Gasteiger partial charge in [-0.3, -0.25) is 19.2 Å². The van der Waals surface area contributed by atoms with Crippen LogP contribution in [0.1, 0.15) is 322 Å². The molecular formula is C66H116O8. The Morgan fingerprint density at radius 2 is 0.581 bits per heavy atom. The SMILES string of the molecule is CCCCCCCCCCCCCC(CCCCCC=CCC=CCCCCCCCC(=O)O)C(CCC=CCC=CCC=CCCCCCCCC(=O)O)(CCCCCCCCCCCCCC(=O)O)C(=O)O. The second-order valence-corrected chi connectivity index (χ2v) is 21.9. The first kappa shape index (κ1) is 70.6. The third kappa shape index (κ3) is 49.5. The average molecular weight is 1040 g/mol. The summed E-state index contributed by atoms with van der Waals surface area (Å²) in [4.78, 5) is 46.0. The second kappa shape index (κ2) is 55.8. The van der Waals surface area contributed by atoms with E-state index in [-0.39, 0.29) is 25.2 Å². The van der Waals surface area contributed by atoms with Crippen molar-refractivity contribution < 1.29 is 39.6 Å². The number of carbonyl (C=O) groups is 4. The summed E-state index contributed by atoms with van der Waals surface area (Å²) in [6, 6.07) is 0. The molecule has 0 heterocycles. The minimum Gasteiger partial charge on any atom is -0.481 e. The summed E-state index contributed by atoms with van der Waals surface area (Å²) in [5, 5.41) is 37.8. The van der Waals surface area contributed by atoms with Gasteiger partial charge in [0.1, 0.15) is 0 Å². The first-order chi connectivity index (χ1) is 36.2. The lowest BCUT2D eigenvalue weighted by Crippen LogP contribution is -2.39. The van der Waals surface area contributed by atoms with Crippen molar-refractivity contribution in [3.63, 3.8) is 0 Å². The lowest BCUT2D eigenvalue weighted by Gasteiger charge is -2.38. The first-order valence-electron chi connectivity index (χ1n) is 31.3. The van der Waals surface area contributed by atoms with Crippen molar-refractivity contribution in [3.05, 3.63) is 60.8 Å². The third-order valence-electron chi connectivity index (χ3n) is 15.2.